The summed E-state index contributed by atoms with van der Waals surface area (Å²) in [6.07, 6.45) is 2.38. The van der Waals surface area contributed by atoms with E-state index in [0.717, 1.165) is 18.0 Å². The van der Waals surface area contributed by atoms with Gasteiger partial charge in [-0.2, -0.15) is 5.10 Å². The minimum atomic E-state index is -0.159. The molecule has 0 aromatic carbocycles. The lowest BCUT2D eigenvalue weighted by Crippen LogP contribution is -2.11. The highest BCUT2D eigenvalue weighted by Gasteiger charge is 2.22. The van der Waals surface area contributed by atoms with Gasteiger partial charge in [-0.1, -0.05) is 23.0 Å². The molecule has 0 amide bonds. The summed E-state index contributed by atoms with van der Waals surface area (Å²) in [6.45, 7) is 4.44. The molecule has 0 N–H and O–H groups in total. The Labute approximate surface area is 108 Å². The molecule has 0 atom stereocenters. The van der Waals surface area contributed by atoms with Crippen LogP contribution in [0.25, 0.3) is 0 Å². The van der Waals surface area contributed by atoms with E-state index in [9.17, 15) is 4.79 Å². The van der Waals surface area contributed by atoms with Crippen LogP contribution in [0.5, 0.6) is 0 Å². The quantitative estimate of drug-likeness (QED) is 0.800. The molecule has 0 aliphatic heterocycles. The average molecular weight is 271 g/mol. The van der Waals surface area contributed by atoms with E-state index in [1.807, 2.05) is 6.92 Å². The second kappa shape index (κ2) is 4.93. The van der Waals surface area contributed by atoms with Crippen molar-refractivity contribution in [3.63, 3.8) is 0 Å². The fourth-order valence-corrected chi connectivity index (χ4v) is 2.34. The summed E-state index contributed by atoms with van der Waals surface area (Å²) in [5.74, 6) is -0.159. The zero-order valence-electron chi connectivity index (χ0n) is 9.47. The molecule has 0 aliphatic carbocycles. The zero-order valence-corrected chi connectivity index (χ0v) is 11.0. The molecule has 2 rings (SSSR count). The van der Waals surface area contributed by atoms with E-state index in [1.165, 1.54) is 6.20 Å². The van der Waals surface area contributed by atoms with Crippen molar-refractivity contribution in [1.82, 2.24) is 19.4 Å². The highest BCUT2D eigenvalue weighted by Crippen LogP contribution is 2.22. The number of aromatic nitrogens is 4. The second-order valence-corrected chi connectivity index (χ2v) is 4.74. The molecule has 0 aliphatic rings. The van der Waals surface area contributed by atoms with Crippen LogP contribution < -0.4 is 0 Å². The molecule has 0 fully saturated rings. The third-order valence-corrected chi connectivity index (χ3v) is 3.41. The lowest BCUT2D eigenvalue weighted by Gasteiger charge is -2.04. The summed E-state index contributed by atoms with van der Waals surface area (Å²) >= 11 is 7.09. The van der Waals surface area contributed by atoms with Gasteiger partial charge >= 0.3 is 0 Å². The molecule has 17 heavy (non-hydrogen) atoms. The van der Waals surface area contributed by atoms with Crippen LogP contribution >= 0.6 is 23.1 Å². The maximum Gasteiger partial charge on any atom is 0.226 e. The predicted octanol–water partition coefficient (Wildman–Crippen LogP) is 2.34. The summed E-state index contributed by atoms with van der Waals surface area (Å²) < 4.78 is 5.38. The number of aryl methyl sites for hydroxylation is 2. The van der Waals surface area contributed by atoms with E-state index >= 15 is 0 Å². The first-order valence-corrected chi connectivity index (χ1v) is 6.35. The van der Waals surface area contributed by atoms with Crippen molar-refractivity contribution < 1.29 is 4.79 Å². The fraction of sp³-hybridized carbons (Fsp3) is 0.400. The summed E-state index contributed by atoms with van der Waals surface area (Å²) in [5.41, 5.74) is 1.04. The van der Waals surface area contributed by atoms with Crippen LogP contribution in [-0.2, 0) is 6.54 Å². The second-order valence-electron chi connectivity index (χ2n) is 3.58. The third-order valence-electron chi connectivity index (χ3n) is 2.30. The molecule has 0 saturated carbocycles. The molecule has 2 aromatic rings. The first-order valence-electron chi connectivity index (χ1n) is 5.20. The predicted molar refractivity (Wildman–Crippen MR) is 65.6 cm³/mol. The van der Waals surface area contributed by atoms with Crippen LogP contribution in [0, 0.1) is 6.92 Å². The Bertz CT molecular complexity index is 548. The smallest absolute Gasteiger partial charge is 0.226 e. The van der Waals surface area contributed by atoms with Gasteiger partial charge in [0.25, 0.3) is 0 Å². The van der Waals surface area contributed by atoms with Gasteiger partial charge in [0, 0.05) is 6.54 Å². The van der Waals surface area contributed by atoms with Gasteiger partial charge < -0.3 is 0 Å². The van der Waals surface area contributed by atoms with E-state index in [0.29, 0.717) is 27.8 Å². The number of hydrogen-bond acceptors (Lipinski definition) is 5. The van der Waals surface area contributed by atoms with Crippen molar-refractivity contribution >= 4 is 28.9 Å². The standard InChI is InChI=1S/C10H11ClN4OS/c1-3-4-15-8(7(11)5-12-15)9(16)10-6(2)13-14-17-10/h5H,3-4H2,1-2H3. The van der Waals surface area contributed by atoms with Crippen molar-refractivity contribution in [2.45, 2.75) is 26.8 Å². The lowest BCUT2D eigenvalue weighted by atomic mass is 10.2. The van der Waals surface area contributed by atoms with E-state index in [4.69, 9.17) is 11.6 Å². The number of carbonyl (C=O) groups excluding carboxylic acids is 1. The molecule has 2 aromatic heterocycles. The monoisotopic (exact) mass is 270 g/mol. The first kappa shape index (κ1) is 12.2. The Morgan fingerprint density at radius 1 is 1.59 bits per heavy atom. The normalized spacial score (nSPS) is 10.8. The molecule has 7 heteroatoms. The highest BCUT2D eigenvalue weighted by atomic mass is 35.5. The molecular weight excluding hydrogens is 260 g/mol. The number of halogens is 1. The van der Waals surface area contributed by atoms with Crippen molar-refractivity contribution in [3.8, 4) is 0 Å². The van der Waals surface area contributed by atoms with E-state index < -0.39 is 0 Å². The molecule has 0 spiro atoms. The number of carbonyl (C=O) groups is 1. The Balaban J connectivity index is 2.43. The molecule has 0 saturated heterocycles. The van der Waals surface area contributed by atoms with E-state index in [-0.39, 0.29) is 5.78 Å². The Hall–Kier alpha value is -1.27. The van der Waals surface area contributed by atoms with Gasteiger partial charge in [0.2, 0.25) is 5.78 Å². The average Bonchev–Trinajstić information content (AvgIpc) is 2.86. The van der Waals surface area contributed by atoms with Crippen LogP contribution in [0.2, 0.25) is 5.02 Å². The van der Waals surface area contributed by atoms with Crippen LogP contribution in [0.3, 0.4) is 0 Å². The molecule has 90 valence electrons. The van der Waals surface area contributed by atoms with Gasteiger partial charge in [0.15, 0.2) is 0 Å². The Morgan fingerprint density at radius 3 is 2.94 bits per heavy atom. The molecule has 0 radical (unpaired) electrons. The highest BCUT2D eigenvalue weighted by molar-refractivity contribution is 7.08. The fourth-order valence-electron chi connectivity index (χ4n) is 1.52. The zero-order chi connectivity index (χ0) is 12.4. The minimum absolute atomic E-state index is 0.159. The van der Waals surface area contributed by atoms with Gasteiger partial charge in [0.1, 0.15) is 10.6 Å². The lowest BCUT2D eigenvalue weighted by molar-refractivity contribution is 0.103. The largest absolute Gasteiger partial charge is 0.286 e. The van der Waals surface area contributed by atoms with Gasteiger partial charge in [-0.05, 0) is 24.9 Å². The van der Waals surface area contributed by atoms with Gasteiger partial charge in [-0.25, -0.2) is 0 Å². The third kappa shape index (κ3) is 2.23. The van der Waals surface area contributed by atoms with Crippen LogP contribution in [0.1, 0.15) is 34.4 Å². The van der Waals surface area contributed by atoms with Crippen molar-refractivity contribution in [3.05, 3.63) is 27.5 Å². The van der Waals surface area contributed by atoms with Gasteiger partial charge in [-0.15, -0.1) is 5.10 Å². The summed E-state index contributed by atoms with van der Waals surface area (Å²) in [6, 6.07) is 0. The molecule has 0 unspecified atom stereocenters. The molecular formula is C10H11ClN4OS. The van der Waals surface area contributed by atoms with Crippen molar-refractivity contribution in [2.24, 2.45) is 0 Å². The molecule has 0 bridgehead atoms. The Morgan fingerprint density at radius 2 is 2.35 bits per heavy atom. The van der Waals surface area contributed by atoms with Crippen LogP contribution in [0.4, 0.5) is 0 Å². The number of hydrogen-bond donors (Lipinski definition) is 0. The van der Waals surface area contributed by atoms with Crippen LogP contribution in [0.15, 0.2) is 6.20 Å². The topological polar surface area (TPSA) is 60.7 Å². The van der Waals surface area contributed by atoms with E-state index in [1.54, 1.807) is 11.6 Å². The van der Waals surface area contributed by atoms with Crippen molar-refractivity contribution in [2.75, 3.05) is 0 Å². The van der Waals surface area contributed by atoms with Crippen LogP contribution in [-0.4, -0.2) is 25.2 Å². The van der Waals surface area contributed by atoms with Crippen molar-refractivity contribution in [1.29, 1.82) is 0 Å². The SMILES string of the molecule is CCCn1ncc(Cl)c1C(=O)c1snnc1C. The molecule has 5 nitrogen and oxygen atoms in total. The summed E-state index contributed by atoms with van der Waals surface area (Å²) in [4.78, 5) is 12.8. The first-order chi connectivity index (χ1) is 8.15. The maximum absolute atomic E-state index is 12.3. The number of rotatable bonds is 4. The van der Waals surface area contributed by atoms with Gasteiger partial charge in [-0.3, -0.25) is 9.48 Å². The summed E-state index contributed by atoms with van der Waals surface area (Å²) in [5, 5.41) is 8.29. The summed E-state index contributed by atoms with van der Waals surface area (Å²) in [7, 11) is 0. The van der Waals surface area contributed by atoms with Gasteiger partial charge in [0.05, 0.1) is 16.9 Å². The Kier molecular flexibility index (Phi) is 3.54. The number of nitrogens with zero attached hydrogens (tertiary/aromatic N) is 4. The van der Waals surface area contributed by atoms with E-state index in [2.05, 4.69) is 14.7 Å². The maximum atomic E-state index is 12.3. The molecule has 2 heterocycles. The minimum Gasteiger partial charge on any atom is -0.286 e. The number of ketones is 1.